The van der Waals surface area contributed by atoms with Crippen molar-refractivity contribution in [1.29, 1.82) is 0 Å². The Kier molecular flexibility index (Phi) is 5.35. The minimum atomic E-state index is -0.284. The van der Waals surface area contributed by atoms with Gasteiger partial charge in [0.2, 0.25) is 0 Å². The van der Waals surface area contributed by atoms with Crippen molar-refractivity contribution in [1.82, 2.24) is 15.0 Å². The van der Waals surface area contributed by atoms with Crippen molar-refractivity contribution < 1.29 is 12.6 Å². The molecule has 0 aliphatic rings. The fourth-order valence-corrected chi connectivity index (χ4v) is 7.32. The number of aromatic nitrogens is 3. The Bertz CT molecular complexity index is 3200. The van der Waals surface area contributed by atoms with Crippen molar-refractivity contribution in [3.8, 4) is 56.4 Å². The molecule has 0 unspecified atom stereocenters. The first-order chi connectivity index (χ1) is 27.3. The number of thiophene rings is 1. The quantitative estimate of drug-likeness (QED) is 0.184. The van der Waals surface area contributed by atoms with E-state index in [0.29, 0.717) is 43.1 Å². The van der Waals surface area contributed by atoms with Gasteiger partial charge in [-0.2, -0.15) is 0 Å². The molecule has 0 N–H and O–H groups in total. The third kappa shape index (κ3) is 4.87. The SMILES string of the molecule is [2H]c1c(-c2ccccc2)c([2H])c2c(sc3c([2H])c(-c4nc(-c5ccc(-c6ccccc6)cc5)nc(-c5cccc6c5oc5ccccc56)n4)c([2H])c([2H])c32)c1[2H]. The summed E-state index contributed by atoms with van der Waals surface area (Å²) >= 11 is 1.08. The summed E-state index contributed by atoms with van der Waals surface area (Å²) in [6, 6.07) is 39.6. The smallest absolute Gasteiger partial charge is 0.167 e. The number of rotatable bonds is 5. The van der Waals surface area contributed by atoms with Gasteiger partial charge in [0.25, 0.3) is 0 Å². The third-order valence-corrected chi connectivity index (χ3v) is 9.85. The summed E-state index contributed by atoms with van der Waals surface area (Å²) in [6.07, 6.45) is 0. The first-order valence-electron chi connectivity index (χ1n) is 19.1. The molecule has 0 aliphatic heterocycles. The van der Waals surface area contributed by atoms with Gasteiger partial charge in [-0.1, -0.05) is 133 Å². The van der Waals surface area contributed by atoms with E-state index in [9.17, 15) is 5.48 Å². The topological polar surface area (TPSA) is 51.8 Å². The summed E-state index contributed by atoms with van der Waals surface area (Å²) in [6.45, 7) is 0. The van der Waals surface area contributed by atoms with E-state index in [1.807, 2.05) is 115 Å². The van der Waals surface area contributed by atoms with E-state index >= 15 is 0 Å². The number of furan rings is 1. The fourth-order valence-electron chi connectivity index (χ4n) is 6.35. The van der Waals surface area contributed by atoms with Crippen LogP contribution in [0.3, 0.4) is 0 Å². The predicted molar refractivity (Wildman–Crippen MR) is 207 cm³/mol. The second kappa shape index (κ2) is 11.6. The molecular formula is C45H27N3OS. The van der Waals surface area contributed by atoms with Crippen LogP contribution in [0.25, 0.3) is 98.5 Å². The van der Waals surface area contributed by atoms with E-state index in [1.54, 1.807) is 12.1 Å². The first-order valence-corrected chi connectivity index (χ1v) is 16.9. The lowest BCUT2D eigenvalue weighted by Gasteiger charge is -2.10. The van der Waals surface area contributed by atoms with Crippen LogP contribution >= 0.6 is 11.3 Å². The van der Waals surface area contributed by atoms with E-state index in [2.05, 4.69) is 0 Å². The fraction of sp³-hybridized carbons (Fsp3) is 0. The van der Waals surface area contributed by atoms with Gasteiger partial charge in [0.15, 0.2) is 17.5 Å². The van der Waals surface area contributed by atoms with Crippen molar-refractivity contribution in [2.24, 2.45) is 0 Å². The van der Waals surface area contributed by atoms with Crippen LogP contribution in [0, 0.1) is 0 Å². The Balaban J connectivity index is 1.23. The highest BCUT2D eigenvalue weighted by Crippen LogP contribution is 2.39. The highest BCUT2D eigenvalue weighted by atomic mass is 32.1. The van der Waals surface area contributed by atoms with Crippen LogP contribution in [0.4, 0.5) is 0 Å². The third-order valence-electron chi connectivity index (χ3n) is 8.83. The maximum atomic E-state index is 9.56. The lowest BCUT2D eigenvalue weighted by molar-refractivity contribution is 0.669. The lowest BCUT2D eigenvalue weighted by atomic mass is 10.0. The highest BCUT2D eigenvalue weighted by molar-refractivity contribution is 7.25. The van der Waals surface area contributed by atoms with Crippen LogP contribution < -0.4 is 0 Å². The van der Waals surface area contributed by atoms with E-state index in [-0.39, 0.29) is 69.8 Å². The monoisotopic (exact) mass is 663 g/mol. The molecule has 234 valence electrons. The maximum Gasteiger partial charge on any atom is 0.167 e. The van der Waals surface area contributed by atoms with Crippen molar-refractivity contribution >= 4 is 53.4 Å². The molecular weight excluding hydrogens is 631 g/mol. The van der Waals surface area contributed by atoms with Crippen molar-refractivity contribution in [2.45, 2.75) is 0 Å². The van der Waals surface area contributed by atoms with E-state index < -0.39 is 0 Å². The zero-order valence-electron chi connectivity index (χ0n) is 32.3. The number of hydrogen-bond acceptors (Lipinski definition) is 5. The molecule has 10 rings (SSSR count). The second-order valence-corrected chi connectivity index (χ2v) is 12.9. The molecule has 0 bridgehead atoms. The first kappa shape index (κ1) is 23.0. The molecule has 0 saturated carbocycles. The lowest BCUT2D eigenvalue weighted by Crippen LogP contribution is -2.00. The molecule has 0 amide bonds. The zero-order chi connectivity index (χ0) is 38.2. The van der Waals surface area contributed by atoms with Crippen molar-refractivity contribution in [3.63, 3.8) is 0 Å². The Morgan fingerprint density at radius 3 is 1.84 bits per heavy atom. The minimum Gasteiger partial charge on any atom is -0.455 e. The normalized spacial score (nSPS) is 13.3. The highest BCUT2D eigenvalue weighted by Gasteiger charge is 2.18. The molecule has 7 aromatic carbocycles. The van der Waals surface area contributed by atoms with Crippen molar-refractivity contribution in [3.05, 3.63) is 164 Å². The average molecular weight is 664 g/mol. The van der Waals surface area contributed by atoms with Crippen LogP contribution in [0.5, 0.6) is 0 Å². The second-order valence-electron chi connectivity index (χ2n) is 11.9. The summed E-state index contributed by atoms with van der Waals surface area (Å²) in [5.41, 5.74) is 5.58. The van der Waals surface area contributed by atoms with E-state index in [4.69, 9.17) is 22.1 Å². The summed E-state index contributed by atoms with van der Waals surface area (Å²) in [4.78, 5) is 14.7. The van der Waals surface area contributed by atoms with Crippen LogP contribution in [0.15, 0.2) is 168 Å². The standard InChI is InChI=1S/C45H27N3OS/c1-3-10-28(11-4-1)30-18-20-31(21-19-30)43-46-44(48-45(47-43)37-16-9-15-36-34-14-7-8-17-39(34)49-42(36)37)33-22-24-35-38-26-32(29-12-5-2-6-13-29)23-25-40(38)50-41(35)27-33/h1-27H/i22D,23D,24D,25D,26D,27D. The molecule has 0 radical (unpaired) electrons. The summed E-state index contributed by atoms with van der Waals surface area (Å²) in [5.74, 6) is 0.626. The molecule has 0 fully saturated rings. The Morgan fingerprint density at radius 1 is 0.420 bits per heavy atom. The molecule has 4 nitrogen and oxygen atoms in total. The Labute approximate surface area is 300 Å². The van der Waals surface area contributed by atoms with Gasteiger partial charge >= 0.3 is 0 Å². The van der Waals surface area contributed by atoms with Gasteiger partial charge in [0.05, 0.1) is 13.8 Å². The molecule has 5 heteroatoms. The van der Waals surface area contributed by atoms with Crippen LogP contribution in [-0.4, -0.2) is 15.0 Å². The molecule has 10 aromatic rings. The Morgan fingerprint density at radius 2 is 1.04 bits per heavy atom. The predicted octanol–water partition coefficient (Wildman–Crippen LogP) is 12.5. The molecule has 0 atom stereocenters. The maximum absolute atomic E-state index is 9.56. The molecule has 50 heavy (non-hydrogen) atoms. The summed E-state index contributed by atoms with van der Waals surface area (Å²) in [5, 5.41) is 2.35. The van der Waals surface area contributed by atoms with Gasteiger partial charge in [-0.05, 0) is 52.5 Å². The summed E-state index contributed by atoms with van der Waals surface area (Å²) in [7, 11) is 0. The Hall–Kier alpha value is -6.43. The van der Waals surface area contributed by atoms with Gasteiger partial charge in [0, 0.05) is 42.1 Å². The van der Waals surface area contributed by atoms with E-state index in [1.165, 1.54) is 0 Å². The molecule has 3 heterocycles. The number of hydrogen-bond donors (Lipinski definition) is 0. The van der Waals surface area contributed by atoms with Gasteiger partial charge in [-0.3, -0.25) is 0 Å². The largest absolute Gasteiger partial charge is 0.455 e. The van der Waals surface area contributed by atoms with Crippen LogP contribution in [0.1, 0.15) is 8.22 Å². The number of benzene rings is 7. The van der Waals surface area contributed by atoms with Gasteiger partial charge in [-0.15, -0.1) is 11.3 Å². The number of para-hydroxylation sites is 2. The van der Waals surface area contributed by atoms with Gasteiger partial charge in [-0.25, -0.2) is 15.0 Å². The zero-order valence-corrected chi connectivity index (χ0v) is 27.1. The van der Waals surface area contributed by atoms with Crippen molar-refractivity contribution in [2.75, 3.05) is 0 Å². The molecule has 0 aliphatic carbocycles. The average Bonchev–Trinajstić information content (AvgIpc) is 3.83. The molecule has 3 aromatic heterocycles. The van der Waals surface area contributed by atoms with Gasteiger partial charge < -0.3 is 4.42 Å². The number of fused-ring (bicyclic) bond motifs is 6. The van der Waals surface area contributed by atoms with Gasteiger partial charge in [0.1, 0.15) is 11.2 Å². The molecule has 0 saturated heterocycles. The molecule has 0 spiro atoms. The van der Waals surface area contributed by atoms with Crippen LogP contribution in [-0.2, 0) is 0 Å². The minimum absolute atomic E-state index is 0.0129. The van der Waals surface area contributed by atoms with Crippen LogP contribution in [0.2, 0.25) is 0 Å². The summed E-state index contributed by atoms with van der Waals surface area (Å²) < 4.78 is 62.3. The number of nitrogens with zero attached hydrogens (tertiary/aromatic N) is 3. The van der Waals surface area contributed by atoms with E-state index in [0.717, 1.165) is 33.2 Å².